The lowest BCUT2D eigenvalue weighted by Crippen LogP contribution is -2.56. The van der Waals surface area contributed by atoms with E-state index < -0.39 is 11.5 Å². The molecule has 3 aliphatic rings. The van der Waals surface area contributed by atoms with Crippen molar-refractivity contribution >= 4 is 27.9 Å². The molecule has 2 fully saturated rings. The molecule has 1 unspecified atom stereocenters. The molecule has 1 aliphatic carbocycles. The van der Waals surface area contributed by atoms with Crippen molar-refractivity contribution in [2.24, 2.45) is 17.3 Å². The minimum Gasteiger partial charge on any atom is -0.465 e. The molecule has 0 bridgehead atoms. The van der Waals surface area contributed by atoms with Gasteiger partial charge in [-0.05, 0) is 71.8 Å². The number of nitrogens with zero attached hydrogens (tertiary/aromatic N) is 2. The maximum atomic E-state index is 14.3. The number of hydrogen-bond donors (Lipinski definition) is 1. The molecule has 2 aliphatic heterocycles. The number of carboxylic acid groups (broad SMARTS) is 1. The fourth-order valence-corrected chi connectivity index (χ4v) is 7.91. The summed E-state index contributed by atoms with van der Waals surface area (Å²) in [4.78, 5) is 30.2. The van der Waals surface area contributed by atoms with Gasteiger partial charge in [-0.2, -0.15) is 0 Å². The minimum atomic E-state index is -0.927. The van der Waals surface area contributed by atoms with Gasteiger partial charge in [-0.15, -0.1) is 0 Å². The van der Waals surface area contributed by atoms with Crippen molar-refractivity contribution in [3.63, 3.8) is 0 Å². The third kappa shape index (κ3) is 4.36. The van der Waals surface area contributed by atoms with Crippen LogP contribution >= 0.6 is 15.9 Å². The van der Waals surface area contributed by atoms with Gasteiger partial charge < -0.3 is 14.9 Å². The van der Waals surface area contributed by atoms with Crippen LogP contribution in [0.1, 0.15) is 62.6 Å². The van der Waals surface area contributed by atoms with Gasteiger partial charge in [0.15, 0.2) is 0 Å². The van der Waals surface area contributed by atoms with Crippen LogP contribution in [-0.2, 0) is 16.6 Å². The van der Waals surface area contributed by atoms with Gasteiger partial charge in [-0.25, -0.2) is 4.79 Å². The maximum Gasteiger partial charge on any atom is 0.407 e. The highest BCUT2D eigenvalue weighted by atomic mass is 79.9. The van der Waals surface area contributed by atoms with Crippen LogP contribution in [0.25, 0.3) is 0 Å². The summed E-state index contributed by atoms with van der Waals surface area (Å²) in [6.07, 6.45) is 2.88. The number of likely N-dealkylation sites (tertiary alicyclic amines) is 2. The summed E-state index contributed by atoms with van der Waals surface area (Å²) >= 11 is 3.63. The SMILES string of the molecule is CC(C)(C)C1CCc2cc(Br)ccc2[C@@]12CN(C(=O)O)C[C@H]2C(=O)N1CCC(c2ccccc2)CC1. The average Bonchev–Trinajstić information content (AvgIpc) is 3.24. The third-order valence-corrected chi connectivity index (χ3v) is 9.56. The fourth-order valence-electron chi connectivity index (χ4n) is 7.50. The number of aryl methyl sites for hydroxylation is 1. The Labute approximate surface area is 223 Å². The summed E-state index contributed by atoms with van der Waals surface area (Å²) in [7, 11) is 0. The average molecular weight is 554 g/mol. The summed E-state index contributed by atoms with van der Waals surface area (Å²) in [6, 6.07) is 17.0. The second-order valence-electron chi connectivity index (χ2n) is 12.0. The Balaban J connectivity index is 1.51. The van der Waals surface area contributed by atoms with Crippen molar-refractivity contribution in [1.82, 2.24) is 9.80 Å². The fraction of sp³-hybridized carbons (Fsp3) is 0.533. The summed E-state index contributed by atoms with van der Waals surface area (Å²) in [5.74, 6) is 0.443. The van der Waals surface area contributed by atoms with Gasteiger partial charge in [0.25, 0.3) is 0 Å². The van der Waals surface area contributed by atoms with Crippen LogP contribution in [0.5, 0.6) is 0 Å². The predicted molar refractivity (Wildman–Crippen MR) is 145 cm³/mol. The molecule has 2 amide bonds. The highest BCUT2D eigenvalue weighted by molar-refractivity contribution is 9.10. The van der Waals surface area contributed by atoms with E-state index in [1.54, 1.807) is 0 Å². The van der Waals surface area contributed by atoms with Gasteiger partial charge in [0.2, 0.25) is 5.91 Å². The van der Waals surface area contributed by atoms with Crippen molar-refractivity contribution in [1.29, 1.82) is 0 Å². The van der Waals surface area contributed by atoms with Crippen LogP contribution in [-0.4, -0.2) is 53.1 Å². The topological polar surface area (TPSA) is 60.9 Å². The molecule has 0 saturated carbocycles. The molecule has 1 spiro atoms. The zero-order valence-corrected chi connectivity index (χ0v) is 23.1. The van der Waals surface area contributed by atoms with Gasteiger partial charge in [0.1, 0.15) is 0 Å². The molecular formula is C30H37BrN2O3. The van der Waals surface area contributed by atoms with Crippen molar-refractivity contribution in [2.45, 2.75) is 57.8 Å². The second-order valence-corrected chi connectivity index (χ2v) is 12.9. The monoisotopic (exact) mass is 552 g/mol. The number of rotatable bonds is 2. The van der Waals surface area contributed by atoms with Crippen molar-refractivity contribution in [3.8, 4) is 0 Å². The first-order valence-corrected chi connectivity index (χ1v) is 14.0. The molecule has 0 aromatic heterocycles. The van der Waals surface area contributed by atoms with E-state index in [4.69, 9.17) is 0 Å². The van der Waals surface area contributed by atoms with Crippen LogP contribution in [0.3, 0.4) is 0 Å². The molecule has 5 rings (SSSR count). The molecule has 2 aromatic rings. The molecular weight excluding hydrogens is 516 g/mol. The quantitative estimate of drug-likeness (QED) is 0.474. The Morgan fingerprint density at radius 1 is 1.00 bits per heavy atom. The summed E-state index contributed by atoms with van der Waals surface area (Å²) in [5, 5.41) is 10.1. The second kappa shape index (κ2) is 9.51. The van der Waals surface area contributed by atoms with Gasteiger partial charge in [-0.1, -0.05) is 73.1 Å². The van der Waals surface area contributed by atoms with E-state index >= 15 is 0 Å². The molecule has 2 aromatic carbocycles. The Morgan fingerprint density at radius 3 is 2.33 bits per heavy atom. The lowest BCUT2D eigenvalue weighted by molar-refractivity contribution is -0.139. The standard InChI is InChI=1S/C30H37BrN2O3/c1-29(2,3)26-12-9-22-17-23(31)10-11-24(22)30(26)19-33(28(35)36)18-25(30)27(34)32-15-13-21(14-16-32)20-7-5-4-6-8-20/h4-8,10-11,17,21,25-26H,9,12-16,18-19H2,1-3H3,(H,35,36)/t25-,26?,30+/m0/s1. The molecule has 6 heteroatoms. The maximum absolute atomic E-state index is 14.3. The number of carbonyl (C=O) groups excluding carboxylic acids is 1. The Hall–Kier alpha value is -2.34. The van der Waals surface area contributed by atoms with Gasteiger partial charge >= 0.3 is 6.09 Å². The molecule has 2 heterocycles. The number of piperidine rings is 1. The van der Waals surface area contributed by atoms with E-state index in [1.165, 1.54) is 21.6 Å². The van der Waals surface area contributed by atoms with Gasteiger partial charge in [0, 0.05) is 36.1 Å². The Morgan fingerprint density at radius 2 is 1.69 bits per heavy atom. The summed E-state index contributed by atoms with van der Waals surface area (Å²) in [6.45, 7) is 8.86. The first-order valence-electron chi connectivity index (χ1n) is 13.2. The normalized spacial score (nSPS) is 26.8. The summed E-state index contributed by atoms with van der Waals surface area (Å²) in [5.41, 5.74) is 3.20. The zero-order chi connectivity index (χ0) is 25.7. The van der Waals surface area contributed by atoms with E-state index in [0.717, 1.165) is 43.2 Å². The van der Waals surface area contributed by atoms with E-state index in [2.05, 4.69) is 79.2 Å². The number of amides is 2. The predicted octanol–water partition coefficient (Wildman–Crippen LogP) is 6.31. The number of fused-ring (bicyclic) bond motifs is 2. The lowest BCUT2D eigenvalue weighted by Gasteiger charge is -2.52. The van der Waals surface area contributed by atoms with Crippen LogP contribution in [0.4, 0.5) is 4.79 Å². The van der Waals surface area contributed by atoms with E-state index in [1.807, 2.05) is 11.0 Å². The molecule has 0 radical (unpaired) electrons. The Bertz CT molecular complexity index is 1140. The van der Waals surface area contributed by atoms with E-state index in [9.17, 15) is 14.7 Å². The van der Waals surface area contributed by atoms with Gasteiger partial charge in [0.05, 0.1) is 5.92 Å². The molecule has 3 atom stereocenters. The number of benzene rings is 2. The highest BCUT2D eigenvalue weighted by Crippen LogP contribution is 2.57. The first kappa shape index (κ1) is 25.3. The largest absolute Gasteiger partial charge is 0.465 e. The Kier molecular flexibility index (Phi) is 6.69. The zero-order valence-electron chi connectivity index (χ0n) is 21.5. The van der Waals surface area contributed by atoms with E-state index in [0.29, 0.717) is 12.5 Å². The smallest absolute Gasteiger partial charge is 0.407 e. The third-order valence-electron chi connectivity index (χ3n) is 9.06. The number of halogens is 1. The van der Waals surface area contributed by atoms with Crippen molar-refractivity contribution < 1.29 is 14.7 Å². The number of carbonyl (C=O) groups is 2. The van der Waals surface area contributed by atoms with Crippen LogP contribution in [0.2, 0.25) is 0 Å². The minimum absolute atomic E-state index is 0.0574. The molecule has 36 heavy (non-hydrogen) atoms. The lowest BCUT2D eigenvalue weighted by atomic mass is 9.52. The van der Waals surface area contributed by atoms with Crippen LogP contribution in [0, 0.1) is 17.3 Å². The van der Waals surface area contributed by atoms with E-state index in [-0.39, 0.29) is 29.7 Å². The molecule has 5 nitrogen and oxygen atoms in total. The van der Waals surface area contributed by atoms with Crippen molar-refractivity contribution in [3.05, 3.63) is 69.7 Å². The highest BCUT2D eigenvalue weighted by Gasteiger charge is 2.61. The number of hydrogen-bond acceptors (Lipinski definition) is 2. The molecule has 2 saturated heterocycles. The van der Waals surface area contributed by atoms with Crippen LogP contribution < -0.4 is 0 Å². The van der Waals surface area contributed by atoms with Crippen LogP contribution in [0.15, 0.2) is 53.0 Å². The summed E-state index contributed by atoms with van der Waals surface area (Å²) < 4.78 is 1.03. The molecule has 192 valence electrons. The molecule has 1 N–H and O–H groups in total. The van der Waals surface area contributed by atoms with Crippen molar-refractivity contribution in [2.75, 3.05) is 26.2 Å². The van der Waals surface area contributed by atoms with Gasteiger partial charge in [-0.3, -0.25) is 4.79 Å². The first-order chi connectivity index (χ1) is 17.1.